The summed E-state index contributed by atoms with van der Waals surface area (Å²) in [6.45, 7) is 0.751. The first-order chi connectivity index (χ1) is 9.24. The number of nitrogens with zero attached hydrogens (tertiary/aromatic N) is 2. The Morgan fingerprint density at radius 2 is 2.11 bits per heavy atom. The predicted octanol–water partition coefficient (Wildman–Crippen LogP) is 3.08. The highest BCUT2D eigenvalue weighted by molar-refractivity contribution is 9.10. The molecule has 2 heterocycles. The lowest BCUT2D eigenvalue weighted by atomic mass is 10.3. The van der Waals surface area contributed by atoms with Crippen molar-refractivity contribution in [2.24, 2.45) is 5.84 Å². The zero-order chi connectivity index (χ0) is 13.2. The monoisotopic (exact) mass is 339 g/mol. The summed E-state index contributed by atoms with van der Waals surface area (Å²) >= 11 is 5.16. The quantitative estimate of drug-likeness (QED) is 0.576. The van der Waals surface area contributed by atoms with Gasteiger partial charge < -0.3 is 10.7 Å². The summed E-state index contributed by atoms with van der Waals surface area (Å²) < 4.78 is 1.11. The van der Waals surface area contributed by atoms with Crippen molar-refractivity contribution >= 4 is 38.9 Å². The van der Waals surface area contributed by atoms with Crippen LogP contribution in [0.3, 0.4) is 0 Å². The molecule has 0 atom stereocenters. The highest BCUT2D eigenvalue weighted by Gasteiger charge is 2.27. The van der Waals surface area contributed by atoms with Gasteiger partial charge in [0.1, 0.15) is 17.5 Å². The van der Waals surface area contributed by atoms with Crippen LogP contribution in [-0.2, 0) is 6.54 Å². The fourth-order valence-corrected chi connectivity index (χ4v) is 3.17. The van der Waals surface area contributed by atoms with E-state index in [1.807, 2.05) is 6.07 Å². The fraction of sp³-hybridized carbons (Fsp3) is 0.333. The minimum atomic E-state index is 0.504. The van der Waals surface area contributed by atoms with Gasteiger partial charge in [0.25, 0.3) is 0 Å². The molecule has 2 aromatic heterocycles. The van der Waals surface area contributed by atoms with Crippen LogP contribution < -0.4 is 16.6 Å². The molecule has 0 aliphatic heterocycles. The lowest BCUT2D eigenvalue weighted by Crippen LogP contribution is -2.12. The summed E-state index contributed by atoms with van der Waals surface area (Å²) in [7, 11) is 0. The van der Waals surface area contributed by atoms with E-state index in [4.69, 9.17) is 5.84 Å². The highest BCUT2D eigenvalue weighted by Crippen LogP contribution is 2.38. The summed E-state index contributed by atoms with van der Waals surface area (Å²) in [5, 5.41) is 5.38. The van der Waals surface area contributed by atoms with Gasteiger partial charge in [0, 0.05) is 26.7 Å². The average molecular weight is 340 g/mol. The molecule has 100 valence electrons. The molecular formula is C12H14BrN5S. The summed E-state index contributed by atoms with van der Waals surface area (Å²) in [5.74, 6) is 8.30. The van der Waals surface area contributed by atoms with Crippen LogP contribution in [0.1, 0.15) is 29.5 Å². The first kappa shape index (κ1) is 12.8. The number of hydrazine groups is 1. The standard InChI is InChI=1S/C12H14BrN5S/c13-8-3-9(19-6-8)5-15-10-4-11(18-14)17-12(16-10)7-1-2-7/h3-4,6-7H,1-2,5,14H2,(H2,15,16,17,18). The van der Waals surface area contributed by atoms with E-state index in [9.17, 15) is 0 Å². The highest BCUT2D eigenvalue weighted by atomic mass is 79.9. The molecule has 1 fully saturated rings. The second-order valence-corrected chi connectivity index (χ2v) is 6.41. The molecule has 0 saturated heterocycles. The van der Waals surface area contributed by atoms with Crippen molar-refractivity contribution in [2.75, 3.05) is 10.7 Å². The molecule has 1 aliphatic rings. The number of nitrogen functional groups attached to an aromatic ring is 1. The van der Waals surface area contributed by atoms with Crippen molar-refractivity contribution in [3.05, 3.63) is 32.7 Å². The van der Waals surface area contributed by atoms with E-state index in [1.165, 1.54) is 17.7 Å². The lowest BCUT2D eigenvalue weighted by Gasteiger charge is -2.08. The zero-order valence-electron chi connectivity index (χ0n) is 10.2. The van der Waals surface area contributed by atoms with E-state index in [2.05, 4.69) is 48.1 Å². The van der Waals surface area contributed by atoms with Gasteiger partial charge in [-0.05, 0) is 34.8 Å². The Hall–Kier alpha value is -1.18. The molecule has 0 unspecified atom stereocenters. The number of nitrogens with one attached hydrogen (secondary N) is 2. The lowest BCUT2D eigenvalue weighted by molar-refractivity contribution is 0.921. The van der Waals surface area contributed by atoms with Gasteiger partial charge in [-0.15, -0.1) is 11.3 Å². The molecule has 4 N–H and O–H groups in total. The molecule has 1 aliphatic carbocycles. The second-order valence-electron chi connectivity index (χ2n) is 4.50. The minimum Gasteiger partial charge on any atom is -0.365 e. The average Bonchev–Trinajstić information content (AvgIpc) is 3.19. The normalized spacial score (nSPS) is 14.4. The molecule has 0 radical (unpaired) electrons. The molecule has 3 rings (SSSR count). The van der Waals surface area contributed by atoms with E-state index in [-0.39, 0.29) is 0 Å². The summed E-state index contributed by atoms with van der Waals surface area (Å²) in [4.78, 5) is 10.2. The molecule has 0 aromatic carbocycles. The van der Waals surface area contributed by atoms with E-state index >= 15 is 0 Å². The number of hydrogen-bond acceptors (Lipinski definition) is 6. The zero-order valence-corrected chi connectivity index (χ0v) is 12.6. The molecule has 19 heavy (non-hydrogen) atoms. The van der Waals surface area contributed by atoms with Gasteiger partial charge in [0.15, 0.2) is 0 Å². The van der Waals surface area contributed by atoms with Crippen molar-refractivity contribution in [1.82, 2.24) is 9.97 Å². The van der Waals surface area contributed by atoms with Gasteiger partial charge in [-0.3, -0.25) is 0 Å². The Morgan fingerprint density at radius 3 is 2.74 bits per heavy atom. The van der Waals surface area contributed by atoms with E-state index < -0.39 is 0 Å². The number of rotatable bonds is 5. The summed E-state index contributed by atoms with van der Waals surface area (Å²) in [6, 6.07) is 3.93. The van der Waals surface area contributed by atoms with Crippen LogP contribution in [-0.4, -0.2) is 9.97 Å². The Kier molecular flexibility index (Phi) is 3.67. The maximum Gasteiger partial charge on any atom is 0.145 e. The molecule has 7 heteroatoms. The SMILES string of the molecule is NNc1cc(NCc2cc(Br)cs2)nc(C2CC2)n1. The largest absolute Gasteiger partial charge is 0.365 e. The minimum absolute atomic E-state index is 0.504. The number of aromatic nitrogens is 2. The molecule has 2 aromatic rings. The van der Waals surface area contributed by atoms with Gasteiger partial charge in [-0.25, -0.2) is 15.8 Å². The number of anilines is 2. The third-order valence-corrected chi connectivity index (χ3v) is 4.60. The van der Waals surface area contributed by atoms with Gasteiger partial charge in [0.2, 0.25) is 0 Å². The van der Waals surface area contributed by atoms with E-state index in [0.29, 0.717) is 11.7 Å². The van der Waals surface area contributed by atoms with Crippen LogP contribution >= 0.6 is 27.3 Å². The van der Waals surface area contributed by atoms with Crippen LogP contribution in [0.15, 0.2) is 22.0 Å². The third-order valence-electron chi connectivity index (χ3n) is 2.90. The van der Waals surface area contributed by atoms with Crippen LogP contribution in [0.5, 0.6) is 0 Å². The Balaban J connectivity index is 1.74. The van der Waals surface area contributed by atoms with Crippen molar-refractivity contribution in [3.63, 3.8) is 0 Å². The Labute approximate surface area is 123 Å². The smallest absolute Gasteiger partial charge is 0.145 e. The second kappa shape index (κ2) is 5.44. The maximum absolute atomic E-state index is 5.45. The fourth-order valence-electron chi connectivity index (χ4n) is 1.78. The van der Waals surface area contributed by atoms with E-state index in [0.717, 1.165) is 22.7 Å². The first-order valence-electron chi connectivity index (χ1n) is 6.07. The van der Waals surface area contributed by atoms with Crippen molar-refractivity contribution in [1.29, 1.82) is 0 Å². The van der Waals surface area contributed by atoms with Gasteiger partial charge in [-0.2, -0.15) is 0 Å². The predicted molar refractivity (Wildman–Crippen MR) is 81.2 cm³/mol. The summed E-state index contributed by atoms with van der Waals surface area (Å²) in [5.41, 5.74) is 2.60. The third kappa shape index (κ3) is 3.23. The first-order valence-corrected chi connectivity index (χ1v) is 7.74. The number of thiophene rings is 1. The van der Waals surface area contributed by atoms with Gasteiger partial charge in [-0.1, -0.05) is 0 Å². The Bertz CT molecular complexity index is 581. The topological polar surface area (TPSA) is 75.9 Å². The van der Waals surface area contributed by atoms with Crippen molar-refractivity contribution in [3.8, 4) is 0 Å². The summed E-state index contributed by atoms with van der Waals surface area (Å²) in [6.07, 6.45) is 2.34. The molecule has 0 bridgehead atoms. The number of halogens is 1. The maximum atomic E-state index is 5.45. The number of nitrogens with two attached hydrogens (primary N) is 1. The van der Waals surface area contributed by atoms with E-state index in [1.54, 1.807) is 11.3 Å². The van der Waals surface area contributed by atoms with Crippen LogP contribution in [0, 0.1) is 0 Å². The van der Waals surface area contributed by atoms with Crippen molar-refractivity contribution in [2.45, 2.75) is 25.3 Å². The van der Waals surface area contributed by atoms with Crippen LogP contribution in [0.2, 0.25) is 0 Å². The number of hydrogen-bond donors (Lipinski definition) is 3. The van der Waals surface area contributed by atoms with Gasteiger partial charge in [0.05, 0.1) is 6.54 Å². The van der Waals surface area contributed by atoms with Gasteiger partial charge >= 0.3 is 0 Å². The van der Waals surface area contributed by atoms with Crippen LogP contribution in [0.4, 0.5) is 11.6 Å². The molecule has 0 spiro atoms. The molecule has 5 nitrogen and oxygen atoms in total. The molecule has 0 amide bonds. The van der Waals surface area contributed by atoms with Crippen molar-refractivity contribution < 1.29 is 0 Å². The van der Waals surface area contributed by atoms with Crippen LogP contribution in [0.25, 0.3) is 0 Å². The molecular weight excluding hydrogens is 326 g/mol. The Morgan fingerprint density at radius 1 is 1.32 bits per heavy atom. The molecule has 1 saturated carbocycles.